The number of aromatic nitrogens is 2. The van der Waals surface area contributed by atoms with Gasteiger partial charge in [-0.05, 0) is 96.3 Å². The molecule has 7 heteroatoms. The van der Waals surface area contributed by atoms with Gasteiger partial charge < -0.3 is 18.9 Å². The second-order valence-corrected chi connectivity index (χ2v) is 10.5. The van der Waals surface area contributed by atoms with Crippen LogP contribution >= 0.6 is 0 Å². The minimum atomic E-state index is -0.345. The summed E-state index contributed by atoms with van der Waals surface area (Å²) in [5.74, 6) is 0.469. The van der Waals surface area contributed by atoms with Crippen molar-refractivity contribution < 1.29 is 23.7 Å². The molecule has 224 valence electrons. The number of benzene rings is 3. The van der Waals surface area contributed by atoms with E-state index in [-0.39, 0.29) is 12.2 Å². The maximum Gasteiger partial charge on any atom is 0.330 e. The van der Waals surface area contributed by atoms with Crippen molar-refractivity contribution in [2.24, 2.45) is 0 Å². The van der Waals surface area contributed by atoms with E-state index in [4.69, 9.17) is 24.0 Å². The maximum atomic E-state index is 11.8. The predicted molar refractivity (Wildman–Crippen MR) is 171 cm³/mol. The summed E-state index contributed by atoms with van der Waals surface area (Å²) in [7, 11) is 1.67. The van der Waals surface area contributed by atoms with Crippen LogP contribution < -0.4 is 4.74 Å². The molecule has 0 radical (unpaired) electrons. The van der Waals surface area contributed by atoms with Crippen molar-refractivity contribution in [2.75, 3.05) is 33.5 Å². The number of allylic oxidation sites excluding steroid dienone is 1. The molecule has 1 fully saturated rings. The highest BCUT2D eigenvalue weighted by molar-refractivity contribution is 6.00. The predicted octanol–water partition coefficient (Wildman–Crippen LogP) is 7.71. The van der Waals surface area contributed by atoms with Gasteiger partial charge in [0, 0.05) is 25.2 Å². The fourth-order valence-corrected chi connectivity index (χ4v) is 5.51. The van der Waals surface area contributed by atoms with E-state index < -0.39 is 0 Å². The zero-order chi connectivity index (χ0) is 30.0. The lowest BCUT2D eigenvalue weighted by Crippen LogP contribution is -2.18. The topological polar surface area (TPSA) is 71.8 Å². The Labute approximate surface area is 253 Å². The van der Waals surface area contributed by atoms with E-state index >= 15 is 0 Å². The summed E-state index contributed by atoms with van der Waals surface area (Å²) in [6.45, 7) is 6.17. The Kier molecular flexibility index (Phi) is 10.4. The van der Waals surface area contributed by atoms with Crippen LogP contribution in [-0.4, -0.2) is 49.3 Å². The van der Waals surface area contributed by atoms with Crippen molar-refractivity contribution >= 4 is 34.1 Å². The number of carbonyl (C=O) groups is 1. The Morgan fingerprint density at radius 1 is 0.977 bits per heavy atom. The van der Waals surface area contributed by atoms with Crippen LogP contribution in [0.1, 0.15) is 68.0 Å². The minimum Gasteiger partial charge on any atom is -0.491 e. The van der Waals surface area contributed by atoms with Crippen LogP contribution in [0.5, 0.6) is 5.75 Å². The van der Waals surface area contributed by atoms with E-state index in [2.05, 4.69) is 49.4 Å². The van der Waals surface area contributed by atoms with Gasteiger partial charge in [-0.2, -0.15) is 5.10 Å². The van der Waals surface area contributed by atoms with Crippen molar-refractivity contribution in [3.63, 3.8) is 0 Å². The summed E-state index contributed by atoms with van der Waals surface area (Å²) >= 11 is 0. The zero-order valence-corrected chi connectivity index (χ0v) is 25.3. The van der Waals surface area contributed by atoms with E-state index in [1.807, 2.05) is 35.1 Å². The first-order valence-electron chi connectivity index (χ1n) is 15.1. The first-order valence-corrected chi connectivity index (χ1v) is 15.1. The van der Waals surface area contributed by atoms with Crippen molar-refractivity contribution in [2.45, 2.75) is 45.8 Å². The zero-order valence-electron chi connectivity index (χ0n) is 25.3. The van der Waals surface area contributed by atoms with Gasteiger partial charge >= 0.3 is 5.97 Å². The van der Waals surface area contributed by atoms with Crippen LogP contribution in [0.3, 0.4) is 0 Å². The third-order valence-corrected chi connectivity index (χ3v) is 7.62. The molecule has 7 nitrogen and oxygen atoms in total. The maximum absolute atomic E-state index is 11.8. The normalized spacial score (nSPS) is 15.9. The molecule has 5 rings (SSSR count). The molecule has 1 aromatic heterocycles. The Morgan fingerprint density at radius 2 is 1.74 bits per heavy atom. The number of nitrogens with zero attached hydrogens (tertiary/aromatic N) is 2. The summed E-state index contributed by atoms with van der Waals surface area (Å²) in [5.41, 5.74) is 7.72. The summed E-state index contributed by atoms with van der Waals surface area (Å²) in [6, 6.07) is 23.1. The highest BCUT2D eigenvalue weighted by Gasteiger charge is 2.20. The first-order chi connectivity index (χ1) is 21.1. The van der Waals surface area contributed by atoms with Crippen molar-refractivity contribution in [1.29, 1.82) is 0 Å². The molecule has 0 bridgehead atoms. The molecule has 1 unspecified atom stereocenters. The Hall–Kier alpha value is -4.20. The molecule has 1 aliphatic heterocycles. The van der Waals surface area contributed by atoms with Crippen LogP contribution in [0.25, 0.3) is 28.1 Å². The molecule has 4 aromatic rings. The number of carbonyl (C=O) groups excluding carboxylic acids is 1. The van der Waals surface area contributed by atoms with Gasteiger partial charge in [0.15, 0.2) is 6.23 Å². The van der Waals surface area contributed by atoms with E-state index in [1.54, 1.807) is 20.1 Å². The highest BCUT2D eigenvalue weighted by Crippen LogP contribution is 2.37. The molecule has 1 aliphatic rings. The van der Waals surface area contributed by atoms with Crippen LogP contribution in [0, 0.1) is 0 Å². The number of methoxy groups -OCH3 is 1. The average Bonchev–Trinajstić information content (AvgIpc) is 3.47. The monoisotopic (exact) mass is 580 g/mol. The van der Waals surface area contributed by atoms with Gasteiger partial charge in [-0.25, -0.2) is 9.48 Å². The second-order valence-electron chi connectivity index (χ2n) is 10.5. The number of esters is 1. The van der Waals surface area contributed by atoms with E-state index in [0.717, 1.165) is 76.8 Å². The molecule has 3 aromatic carbocycles. The van der Waals surface area contributed by atoms with Gasteiger partial charge in [-0.3, -0.25) is 0 Å². The number of hydrogen-bond acceptors (Lipinski definition) is 6. The lowest BCUT2D eigenvalue weighted by Gasteiger charge is -2.23. The summed E-state index contributed by atoms with van der Waals surface area (Å²) in [6.07, 6.45) is 9.23. The largest absolute Gasteiger partial charge is 0.491 e. The fraction of sp³-hybridized carbons (Fsp3) is 0.333. The Balaban J connectivity index is 1.55. The third kappa shape index (κ3) is 7.42. The molecule has 1 saturated heterocycles. The minimum absolute atomic E-state index is 0.0156. The Bertz CT molecular complexity index is 1560. The van der Waals surface area contributed by atoms with Crippen molar-refractivity contribution in [3.05, 3.63) is 101 Å². The van der Waals surface area contributed by atoms with Gasteiger partial charge in [-0.15, -0.1) is 0 Å². The highest BCUT2D eigenvalue weighted by atomic mass is 16.5. The van der Waals surface area contributed by atoms with Gasteiger partial charge in [0.2, 0.25) is 0 Å². The molecule has 0 saturated carbocycles. The second kappa shape index (κ2) is 14.8. The smallest absolute Gasteiger partial charge is 0.330 e. The van der Waals surface area contributed by atoms with E-state index in [0.29, 0.717) is 19.8 Å². The van der Waals surface area contributed by atoms with Gasteiger partial charge in [-0.1, -0.05) is 49.4 Å². The van der Waals surface area contributed by atoms with E-state index in [9.17, 15) is 4.79 Å². The molecule has 0 N–H and O–H groups in total. The first kappa shape index (κ1) is 30.3. The van der Waals surface area contributed by atoms with Crippen LogP contribution in [0.15, 0.2) is 79.0 Å². The molecule has 0 spiro atoms. The number of ether oxygens (including phenoxy) is 4. The van der Waals surface area contributed by atoms with Gasteiger partial charge in [0.1, 0.15) is 12.4 Å². The quantitative estimate of drug-likeness (QED) is 0.0740. The van der Waals surface area contributed by atoms with Crippen LogP contribution in [-0.2, 0) is 19.0 Å². The fourth-order valence-electron chi connectivity index (χ4n) is 5.51. The van der Waals surface area contributed by atoms with Crippen LogP contribution in [0.2, 0.25) is 0 Å². The number of rotatable bonds is 12. The molecule has 1 atom stereocenters. The number of fused-ring (bicyclic) bond motifs is 1. The molecular weight excluding hydrogens is 540 g/mol. The van der Waals surface area contributed by atoms with E-state index in [1.165, 1.54) is 11.6 Å². The summed E-state index contributed by atoms with van der Waals surface area (Å²) in [5, 5.41) is 5.80. The van der Waals surface area contributed by atoms with Crippen molar-refractivity contribution in [1.82, 2.24) is 9.78 Å². The summed E-state index contributed by atoms with van der Waals surface area (Å²) < 4.78 is 24.0. The average molecular weight is 581 g/mol. The standard InChI is InChI=1S/C36H40N2O5/c1-4-32(27-14-17-31(18-15-27)42-23-22-40-3)36(28-12-9-26(10-13-28)11-20-35(39)41-5-2)29-16-19-33-30(24-29)25-37-38(33)34-8-6-7-21-43-34/h9-20,24-25,34H,4-8,21-23H2,1-3H3/b20-11+,36-32+. The SMILES string of the molecule is CCOC(=O)/C=C/c1ccc(/C(=C(/CC)c2ccc(OCCOC)cc2)c2ccc3c(cnn3C3CCCCO3)c2)cc1. The van der Waals surface area contributed by atoms with Crippen LogP contribution in [0.4, 0.5) is 0 Å². The molecule has 0 aliphatic carbocycles. The lowest BCUT2D eigenvalue weighted by atomic mass is 9.87. The number of hydrogen-bond donors (Lipinski definition) is 0. The summed E-state index contributed by atoms with van der Waals surface area (Å²) in [4.78, 5) is 11.8. The molecule has 43 heavy (non-hydrogen) atoms. The van der Waals surface area contributed by atoms with Crippen molar-refractivity contribution in [3.8, 4) is 5.75 Å². The Morgan fingerprint density at radius 3 is 2.44 bits per heavy atom. The molecular formula is C36H40N2O5. The lowest BCUT2D eigenvalue weighted by molar-refractivity contribution is -0.137. The molecule has 0 amide bonds. The van der Waals surface area contributed by atoms with Gasteiger partial charge in [0.25, 0.3) is 0 Å². The molecule has 2 heterocycles. The van der Waals surface area contributed by atoms with Gasteiger partial charge in [0.05, 0.1) is 24.9 Å². The third-order valence-electron chi connectivity index (χ3n) is 7.62.